The predicted molar refractivity (Wildman–Crippen MR) is 543 cm³/mol. The summed E-state index contributed by atoms with van der Waals surface area (Å²) < 4.78 is 23.4. The Balaban J connectivity index is 0.862. The van der Waals surface area contributed by atoms with Crippen molar-refractivity contribution in [2.24, 2.45) is 0 Å². The summed E-state index contributed by atoms with van der Waals surface area (Å²) in [6.07, 6.45) is 0. The maximum Gasteiger partial charge on any atom is 0.260 e. The Hall–Kier alpha value is -15.7. The van der Waals surface area contributed by atoms with Crippen LogP contribution in [0.5, 0.6) is 23.0 Å². The monoisotopic (exact) mass is 1650 g/mol. The van der Waals surface area contributed by atoms with E-state index in [-0.39, 0.29) is 5.41 Å². The van der Waals surface area contributed by atoms with E-state index in [2.05, 4.69) is 470 Å². The molecule has 0 bridgehead atoms. The quantitative estimate of drug-likeness (QED) is 0.108. The minimum Gasteiger partial charge on any atom is -0.459 e. The van der Waals surface area contributed by atoms with Crippen LogP contribution in [0.1, 0.15) is 52.7 Å². The molecule has 610 valence electrons. The smallest absolute Gasteiger partial charge is 0.260 e. The van der Waals surface area contributed by atoms with Gasteiger partial charge >= 0.3 is 0 Å². The minimum absolute atomic E-state index is 0.295. The maximum absolute atomic E-state index is 8.39. The van der Waals surface area contributed by atoms with Gasteiger partial charge in [0, 0.05) is 72.9 Å². The summed E-state index contributed by atoms with van der Waals surface area (Å²) in [5.74, 6) is 3.05. The number of hydrogen-bond donors (Lipinski definition) is 0. The molecule has 0 radical (unpaired) electrons. The molecule has 5 nitrogen and oxygen atoms in total. The van der Waals surface area contributed by atoms with Crippen LogP contribution in [0.2, 0.25) is 0 Å². The van der Waals surface area contributed by atoms with E-state index >= 15 is 0 Å². The summed E-state index contributed by atoms with van der Waals surface area (Å²) in [5.41, 5.74) is 40.0. The molecule has 0 N–H and O–H groups in total. The Bertz CT molecular complexity index is 7690. The molecule has 0 aliphatic carbocycles. The van der Waals surface area contributed by atoms with Crippen LogP contribution in [0.3, 0.4) is 0 Å². The van der Waals surface area contributed by atoms with Gasteiger partial charge < -0.3 is 23.7 Å². The van der Waals surface area contributed by atoms with E-state index in [1.54, 1.807) is 0 Å². The number of rotatable bonds is 13. The van der Waals surface area contributed by atoms with Crippen molar-refractivity contribution in [3.8, 4) is 145 Å². The van der Waals surface area contributed by atoms with Crippen molar-refractivity contribution >= 4 is 102 Å². The highest BCUT2D eigenvalue weighted by Crippen LogP contribution is 2.57. The zero-order chi connectivity index (χ0) is 86.3. The number of benzene rings is 19. The van der Waals surface area contributed by atoms with Crippen molar-refractivity contribution in [3.05, 3.63) is 436 Å². The molecule has 5 heterocycles. The number of ether oxygens (including phenoxy) is 2. The normalized spacial score (nSPS) is 12.8. The maximum atomic E-state index is 8.39. The largest absolute Gasteiger partial charge is 0.459 e. The number of nitrogens with zero attached hydrogens (tertiary/aromatic N) is 2. The number of hydrogen-bond acceptors (Lipinski definition) is 5. The zero-order valence-electron chi connectivity index (χ0n) is 72.7. The van der Waals surface area contributed by atoms with Gasteiger partial charge in [-0.2, -0.15) is 0 Å². The van der Waals surface area contributed by atoms with Gasteiger partial charge in [-0.3, -0.25) is 0 Å². The molecule has 24 rings (SSSR count). The fourth-order valence-electron chi connectivity index (χ4n) is 20.7. The lowest BCUT2D eigenvalue weighted by molar-refractivity contribution is 0.468. The van der Waals surface area contributed by atoms with Crippen LogP contribution in [-0.4, -0.2) is 13.4 Å². The van der Waals surface area contributed by atoms with Crippen LogP contribution in [0.4, 0.5) is 34.1 Å². The van der Waals surface area contributed by atoms with Gasteiger partial charge in [-0.25, -0.2) is 0 Å². The number of anilines is 6. The summed E-state index contributed by atoms with van der Waals surface area (Å²) in [5, 5.41) is 2.09. The molecule has 20 aromatic rings. The van der Waals surface area contributed by atoms with Gasteiger partial charge in [0.2, 0.25) is 0 Å². The molecule has 0 spiro atoms. The predicted octanol–water partition coefficient (Wildman–Crippen LogP) is 29.3. The van der Waals surface area contributed by atoms with Gasteiger partial charge in [0.1, 0.15) is 34.2 Å². The fraction of sp³-hybridized carbons (Fsp3) is 0.0656. The third-order valence-corrected chi connectivity index (χ3v) is 27.1. The Labute approximate surface area is 754 Å². The van der Waals surface area contributed by atoms with Crippen molar-refractivity contribution < 1.29 is 13.9 Å². The molecule has 0 unspecified atom stereocenters. The van der Waals surface area contributed by atoms with Gasteiger partial charge in [0.25, 0.3) is 13.4 Å². The van der Waals surface area contributed by atoms with Crippen molar-refractivity contribution in [2.45, 2.75) is 52.4 Å². The lowest BCUT2D eigenvalue weighted by Gasteiger charge is -2.48. The van der Waals surface area contributed by atoms with Gasteiger partial charge in [0.15, 0.2) is 0 Å². The van der Waals surface area contributed by atoms with E-state index < -0.39 is 18.8 Å². The summed E-state index contributed by atoms with van der Waals surface area (Å²) in [6, 6.07) is 158. The number of para-hydroxylation sites is 3. The van der Waals surface area contributed by atoms with E-state index in [1.807, 2.05) is 6.07 Å². The van der Waals surface area contributed by atoms with Crippen LogP contribution in [0.15, 0.2) is 429 Å². The molecule has 4 aliphatic rings. The van der Waals surface area contributed by atoms with Gasteiger partial charge in [-0.05, 0) is 217 Å². The highest BCUT2D eigenvalue weighted by molar-refractivity contribution is 7.03. The first-order valence-corrected chi connectivity index (χ1v) is 45.0. The van der Waals surface area contributed by atoms with E-state index in [0.717, 1.165) is 228 Å². The van der Waals surface area contributed by atoms with Crippen molar-refractivity contribution in [3.63, 3.8) is 0 Å². The second-order valence-corrected chi connectivity index (χ2v) is 36.9. The molecule has 0 saturated carbocycles. The molecular weight excluding hydrogens is 1560 g/mol. The lowest BCUT2D eigenvalue weighted by Crippen LogP contribution is -2.65. The standard InChI is InChI=1S/C122H88B2N2O3/c1-121(2,3)94-61-62-103-106(73-94)125(117-96(88-49-27-45-83(65-88)77-33-13-7-14-34-77)54-31-55-97(117)89-50-28-46-84(66-89)78-35-15-8-16-36-78)107-74-95(122(4,5)6)75-108-114(107)124(103)115-109(126(108)118-98(90-51-29-47-85(67-90)79-37-17-9-18-38-79)56-32-57-99(118)91-52-30-48-86(68-91)80-39-19-10-20-40-80)76-113-116-120(115)128-112-64-59-87(81-41-21-11-22-42-81)71-104(112)123(116)105-72-93(82-43-23-12-24-44-82)70-101(119(105)129-113)92-60-63-111-102(69-92)100-53-25-26-58-110(100)127-111/h7-76H,1-6H3. The highest BCUT2D eigenvalue weighted by atomic mass is 16.5. The van der Waals surface area contributed by atoms with E-state index in [1.165, 1.54) is 11.1 Å². The Morgan fingerprint density at radius 1 is 0.209 bits per heavy atom. The lowest BCUT2D eigenvalue weighted by atomic mass is 9.30. The van der Waals surface area contributed by atoms with Crippen molar-refractivity contribution in [1.29, 1.82) is 0 Å². The highest BCUT2D eigenvalue weighted by Gasteiger charge is 2.52. The van der Waals surface area contributed by atoms with Crippen LogP contribution in [-0.2, 0) is 10.8 Å². The molecule has 1 aromatic heterocycles. The average Bonchev–Trinajstić information content (AvgIpc) is 1.67. The first-order chi connectivity index (χ1) is 63.2. The molecule has 7 heteroatoms. The third kappa shape index (κ3) is 13.2. The zero-order valence-corrected chi connectivity index (χ0v) is 72.7. The first kappa shape index (κ1) is 76.9. The molecule has 129 heavy (non-hydrogen) atoms. The Morgan fingerprint density at radius 3 is 1.06 bits per heavy atom. The van der Waals surface area contributed by atoms with Crippen LogP contribution in [0.25, 0.3) is 144 Å². The van der Waals surface area contributed by atoms with E-state index in [0.29, 0.717) is 5.75 Å². The van der Waals surface area contributed by atoms with E-state index in [9.17, 15) is 0 Å². The SMILES string of the molecule is CC(C)(C)c1ccc2c(c1)N(c1c(-c3cccc(-c4ccccc4)c3)cccc1-c1cccc(-c3ccccc3)c1)c1cc(C(C)(C)C)cc3c1B2c1c(cc2c4c1Oc1ccc(-c5ccccc5)cc1B4c1cc(-c4ccccc4)cc(-c4ccc5oc6ccccc6c5c4)c1O2)N3c1c(-c2cccc(-c3ccccc3)c2)cccc1-c1cccc(-c2ccccc2)c1. The summed E-state index contributed by atoms with van der Waals surface area (Å²) >= 11 is 0. The molecule has 4 aliphatic heterocycles. The molecule has 0 fully saturated rings. The third-order valence-electron chi connectivity index (χ3n) is 27.1. The molecular formula is C122H88B2N2O3. The summed E-state index contributed by atoms with van der Waals surface area (Å²) in [6.45, 7) is 13.3. The van der Waals surface area contributed by atoms with Crippen LogP contribution < -0.4 is 52.1 Å². The van der Waals surface area contributed by atoms with E-state index in [4.69, 9.17) is 13.9 Å². The summed E-state index contributed by atoms with van der Waals surface area (Å²) in [7, 11) is 0. The second-order valence-electron chi connectivity index (χ2n) is 36.9. The number of furan rings is 1. The van der Waals surface area contributed by atoms with Crippen LogP contribution in [0, 0.1) is 0 Å². The molecule has 0 saturated heterocycles. The molecule has 0 atom stereocenters. The number of fused-ring (bicyclic) bond motifs is 12. The van der Waals surface area contributed by atoms with Crippen molar-refractivity contribution in [1.82, 2.24) is 0 Å². The first-order valence-electron chi connectivity index (χ1n) is 45.0. The van der Waals surface area contributed by atoms with Gasteiger partial charge in [0.05, 0.1) is 11.4 Å². The second kappa shape index (κ2) is 30.6. The van der Waals surface area contributed by atoms with Crippen LogP contribution >= 0.6 is 0 Å². The molecule has 19 aromatic carbocycles. The average molecular weight is 1650 g/mol. The van der Waals surface area contributed by atoms with Gasteiger partial charge in [-0.15, -0.1) is 0 Å². The van der Waals surface area contributed by atoms with Crippen molar-refractivity contribution in [2.75, 3.05) is 9.80 Å². The fourth-order valence-corrected chi connectivity index (χ4v) is 20.7. The molecule has 0 amide bonds. The Kier molecular flexibility index (Phi) is 18.2. The Morgan fingerprint density at radius 2 is 0.581 bits per heavy atom. The minimum atomic E-state index is -0.484. The summed E-state index contributed by atoms with van der Waals surface area (Å²) in [4.78, 5) is 5.40. The topological polar surface area (TPSA) is 38.1 Å². The van der Waals surface area contributed by atoms with Gasteiger partial charge in [-0.1, -0.05) is 387 Å².